The number of nitrogens with zero attached hydrogens (tertiary/aromatic N) is 1. The summed E-state index contributed by atoms with van der Waals surface area (Å²) < 4.78 is 4.85. The Balaban J connectivity index is 2.90. The molecule has 0 aliphatic rings. The third kappa shape index (κ3) is 4.02. The minimum Gasteiger partial charge on any atom is -0.383 e. The van der Waals surface area contributed by atoms with Gasteiger partial charge in [0.1, 0.15) is 5.69 Å². The van der Waals surface area contributed by atoms with Crippen LogP contribution in [0.3, 0.4) is 0 Å². The van der Waals surface area contributed by atoms with E-state index >= 15 is 0 Å². The van der Waals surface area contributed by atoms with Gasteiger partial charge in [0.05, 0.1) is 11.5 Å². The summed E-state index contributed by atoms with van der Waals surface area (Å²) in [6, 6.07) is 4.47. The summed E-state index contributed by atoms with van der Waals surface area (Å²) in [7, 11) is 1.55. The Kier molecular flexibility index (Phi) is 5.06. The van der Waals surface area contributed by atoms with E-state index in [1.54, 1.807) is 19.2 Å². The number of nitro benzene ring substituents is 1. The first kappa shape index (κ1) is 13.9. The number of ether oxygens (including phenoxy) is 1. The Labute approximate surface area is 104 Å². The molecule has 0 saturated heterocycles. The van der Waals surface area contributed by atoms with Gasteiger partial charge in [0.15, 0.2) is 0 Å². The maximum atomic E-state index is 10.9. The Hall–Kier alpha value is -2.15. The van der Waals surface area contributed by atoms with Gasteiger partial charge in [-0.2, -0.15) is 0 Å². The molecule has 0 radical (unpaired) electrons. The lowest BCUT2D eigenvalue weighted by atomic mass is 10.2. The number of nitro groups is 1. The Morgan fingerprint density at radius 1 is 1.50 bits per heavy atom. The summed E-state index contributed by atoms with van der Waals surface area (Å²) >= 11 is 0. The molecule has 0 spiro atoms. The number of carbonyl (C=O) groups excluding carboxylic acids is 1. The normalized spacial score (nSPS) is 9.89. The van der Waals surface area contributed by atoms with Gasteiger partial charge in [-0.25, -0.2) is 0 Å². The molecule has 98 valence electrons. The van der Waals surface area contributed by atoms with Crippen molar-refractivity contribution in [2.75, 3.05) is 30.9 Å². The van der Waals surface area contributed by atoms with Crippen molar-refractivity contribution in [3.63, 3.8) is 0 Å². The topological polar surface area (TPSA) is 93.5 Å². The molecular formula is C11H15N3O4. The molecule has 1 amide bonds. The molecule has 0 heterocycles. The lowest BCUT2D eigenvalue weighted by Crippen LogP contribution is -2.10. The number of benzene rings is 1. The van der Waals surface area contributed by atoms with Gasteiger partial charge >= 0.3 is 0 Å². The monoisotopic (exact) mass is 253 g/mol. The average molecular weight is 253 g/mol. The van der Waals surface area contributed by atoms with E-state index < -0.39 is 4.92 Å². The second-order valence-electron chi connectivity index (χ2n) is 3.59. The zero-order chi connectivity index (χ0) is 13.5. The summed E-state index contributed by atoms with van der Waals surface area (Å²) in [6.45, 7) is 2.26. The molecule has 7 heteroatoms. The zero-order valence-electron chi connectivity index (χ0n) is 10.2. The Morgan fingerprint density at radius 3 is 2.78 bits per heavy atom. The third-order valence-electron chi connectivity index (χ3n) is 2.14. The summed E-state index contributed by atoms with van der Waals surface area (Å²) in [5.41, 5.74) is 0.704. The fourth-order valence-corrected chi connectivity index (χ4v) is 1.40. The lowest BCUT2D eigenvalue weighted by molar-refractivity contribution is -0.383. The molecular weight excluding hydrogens is 238 g/mol. The van der Waals surface area contributed by atoms with Crippen molar-refractivity contribution in [2.45, 2.75) is 6.92 Å². The molecule has 0 unspecified atom stereocenters. The molecule has 0 aromatic heterocycles. The van der Waals surface area contributed by atoms with Crippen LogP contribution in [0.5, 0.6) is 0 Å². The van der Waals surface area contributed by atoms with Crippen LogP contribution < -0.4 is 10.6 Å². The molecule has 0 aliphatic carbocycles. The van der Waals surface area contributed by atoms with Gasteiger partial charge in [0.2, 0.25) is 5.91 Å². The van der Waals surface area contributed by atoms with Crippen LogP contribution in [0.1, 0.15) is 6.92 Å². The van der Waals surface area contributed by atoms with Crippen LogP contribution in [-0.4, -0.2) is 31.1 Å². The van der Waals surface area contributed by atoms with Crippen LogP contribution in [-0.2, 0) is 9.53 Å². The van der Waals surface area contributed by atoms with E-state index in [1.165, 1.54) is 13.0 Å². The number of anilines is 2. The molecule has 2 N–H and O–H groups in total. The fourth-order valence-electron chi connectivity index (χ4n) is 1.40. The Bertz CT molecular complexity index is 448. The molecule has 1 aromatic rings. The first-order valence-electron chi connectivity index (χ1n) is 5.33. The molecule has 0 fully saturated rings. The van der Waals surface area contributed by atoms with Crippen molar-refractivity contribution in [2.24, 2.45) is 0 Å². The maximum Gasteiger partial charge on any atom is 0.294 e. The van der Waals surface area contributed by atoms with E-state index in [2.05, 4.69) is 10.6 Å². The number of nitrogens with one attached hydrogen (secondary N) is 2. The first-order valence-corrected chi connectivity index (χ1v) is 5.33. The SMILES string of the molecule is COCCNc1ccc(NC(C)=O)cc1[N+](=O)[O-]. The zero-order valence-corrected chi connectivity index (χ0v) is 10.2. The highest BCUT2D eigenvalue weighted by molar-refractivity contribution is 5.89. The largest absolute Gasteiger partial charge is 0.383 e. The number of hydrogen-bond acceptors (Lipinski definition) is 5. The van der Waals surface area contributed by atoms with Crippen LogP contribution >= 0.6 is 0 Å². The molecule has 18 heavy (non-hydrogen) atoms. The number of methoxy groups -OCH3 is 1. The maximum absolute atomic E-state index is 10.9. The van der Waals surface area contributed by atoms with Gasteiger partial charge in [-0.3, -0.25) is 14.9 Å². The molecule has 0 saturated carbocycles. The highest BCUT2D eigenvalue weighted by atomic mass is 16.6. The summed E-state index contributed by atoms with van der Waals surface area (Å²) in [5.74, 6) is -0.274. The van der Waals surface area contributed by atoms with Crippen LogP contribution in [0.2, 0.25) is 0 Å². The van der Waals surface area contributed by atoms with Gasteiger partial charge < -0.3 is 15.4 Å². The minimum atomic E-state index is -0.500. The second-order valence-corrected chi connectivity index (χ2v) is 3.59. The summed E-state index contributed by atoms with van der Waals surface area (Å²) in [5, 5.41) is 16.3. The smallest absolute Gasteiger partial charge is 0.294 e. The third-order valence-corrected chi connectivity index (χ3v) is 2.14. The standard InChI is InChI=1S/C11H15N3O4/c1-8(15)13-9-3-4-10(12-5-6-18-2)11(7-9)14(16)17/h3-4,7,12H,5-6H2,1-2H3,(H,13,15). The van der Waals surface area contributed by atoms with Gasteiger partial charge in [0.25, 0.3) is 5.69 Å². The van der Waals surface area contributed by atoms with Crippen molar-refractivity contribution < 1.29 is 14.5 Å². The fraction of sp³-hybridized carbons (Fsp3) is 0.364. The van der Waals surface area contributed by atoms with E-state index in [1.807, 2.05) is 0 Å². The predicted octanol–water partition coefficient (Wildman–Crippen LogP) is 1.61. The van der Waals surface area contributed by atoms with Gasteiger partial charge in [-0.1, -0.05) is 0 Å². The van der Waals surface area contributed by atoms with Gasteiger partial charge in [-0.05, 0) is 12.1 Å². The predicted molar refractivity (Wildman–Crippen MR) is 67.8 cm³/mol. The van der Waals surface area contributed by atoms with Crippen LogP contribution in [0.15, 0.2) is 18.2 Å². The van der Waals surface area contributed by atoms with Crippen LogP contribution in [0.4, 0.5) is 17.1 Å². The van der Waals surface area contributed by atoms with Crippen LogP contribution in [0.25, 0.3) is 0 Å². The van der Waals surface area contributed by atoms with E-state index in [9.17, 15) is 14.9 Å². The molecule has 1 aromatic carbocycles. The number of amides is 1. The highest BCUT2D eigenvalue weighted by Gasteiger charge is 2.14. The van der Waals surface area contributed by atoms with Crippen molar-refractivity contribution in [1.82, 2.24) is 0 Å². The summed E-state index contributed by atoms with van der Waals surface area (Å²) in [6.07, 6.45) is 0. The Morgan fingerprint density at radius 2 is 2.22 bits per heavy atom. The van der Waals surface area contributed by atoms with E-state index in [0.717, 1.165) is 0 Å². The van der Waals surface area contributed by atoms with E-state index in [4.69, 9.17) is 4.74 Å². The second kappa shape index (κ2) is 6.55. The van der Waals surface area contributed by atoms with Crippen LogP contribution in [0, 0.1) is 10.1 Å². The number of carbonyl (C=O) groups is 1. The first-order chi connectivity index (χ1) is 8.54. The molecule has 0 atom stereocenters. The average Bonchev–Trinajstić information content (AvgIpc) is 2.30. The lowest BCUT2D eigenvalue weighted by Gasteiger charge is -2.08. The summed E-state index contributed by atoms with van der Waals surface area (Å²) in [4.78, 5) is 21.3. The van der Waals surface area contributed by atoms with Crippen molar-refractivity contribution in [1.29, 1.82) is 0 Å². The van der Waals surface area contributed by atoms with Gasteiger partial charge in [-0.15, -0.1) is 0 Å². The van der Waals surface area contributed by atoms with Crippen molar-refractivity contribution >= 4 is 23.0 Å². The van der Waals surface area contributed by atoms with Gasteiger partial charge in [0, 0.05) is 32.3 Å². The van der Waals surface area contributed by atoms with Crippen molar-refractivity contribution in [3.8, 4) is 0 Å². The quantitative estimate of drug-likeness (QED) is 0.456. The van der Waals surface area contributed by atoms with Crippen molar-refractivity contribution in [3.05, 3.63) is 28.3 Å². The molecule has 1 rings (SSSR count). The number of hydrogen-bond donors (Lipinski definition) is 2. The number of rotatable bonds is 6. The molecule has 7 nitrogen and oxygen atoms in total. The van der Waals surface area contributed by atoms with E-state index in [-0.39, 0.29) is 11.6 Å². The highest BCUT2D eigenvalue weighted by Crippen LogP contribution is 2.27. The molecule has 0 bridgehead atoms. The van der Waals surface area contributed by atoms with E-state index in [0.29, 0.717) is 24.5 Å². The molecule has 0 aliphatic heterocycles. The minimum absolute atomic E-state index is 0.0858.